The van der Waals surface area contributed by atoms with Crippen LogP contribution in [0.4, 0.5) is 11.4 Å². The summed E-state index contributed by atoms with van der Waals surface area (Å²) in [6.45, 7) is 0. The molecule has 1 heterocycles. The number of carbonyl (C=O) groups is 1. The van der Waals surface area contributed by atoms with Gasteiger partial charge in [-0.2, -0.15) is 4.99 Å². The van der Waals surface area contributed by atoms with Crippen molar-refractivity contribution in [2.75, 3.05) is 10.2 Å². The number of para-hydroxylation sites is 2. The second kappa shape index (κ2) is 6.52. The standard InChI is InChI=1S/C15H11N3O2S.Ag/c19-10-16-15(21)17-13-9-5-4-8-12(13)14(20)18(15)11-6-2-1-3-7-11;/h1-9,17,21H;/q;+1/p-1. The first-order chi connectivity index (χ1) is 10.2. The van der Waals surface area contributed by atoms with E-state index in [9.17, 15) is 9.59 Å². The molecule has 2 aromatic carbocycles. The molecule has 1 aliphatic heterocycles. The Morgan fingerprint density at radius 3 is 2.41 bits per heavy atom. The van der Waals surface area contributed by atoms with Crippen molar-refractivity contribution in [3.05, 3.63) is 60.2 Å². The summed E-state index contributed by atoms with van der Waals surface area (Å²) in [4.78, 5) is 28.4. The maximum Gasteiger partial charge on any atom is 1.00 e. The van der Waals surface area contributed by atoms with E-state index in [0.29, 0.717) is 16.9 Å². The number of nitrogens with zero attached hydrogens (tertiary/aromatic N) is 2. The minimum atomic E-state index is -1.62. The van der Waals surface area contributed by atoms with Crippen LogP contribution in [0.1, 0.15) is 10.4 Å². The van der Waals surface area contributed by atoms with Crippen molar-refractivity contribution in [1.29, 1.82) is 0 Å². The van der Waals surface area contributed by atoms with Crippen LogP contribution in [0.5, 0.6) is 0 Å². The van der Waals surface area contributed by atoms with Gasteiger partial charge in [-0.15, -0.1) is 0 Å². The van der Waals surface area contributed by atoms with Gasteiger partial charge >= 0.3 is 22.4 Å². The minimum absolute atomic E-state index is 0. The molecule has 0 aromatic heterocycles. The topological polar surface area (TPSA) is 61.8 Å². The monoisotopic (exact) mass is 403 g/mol. The Bertz CT molecular complexity index is 749. The molecule has 114 valence electrons. The largest absolute Gasteiger partial charge is 1.00 e. The van der Waals surface area contributed by atoms with Gasteiger partial charge in [-0.3, -0.25) is 9.69 Å². The van der Waals surface area contributed by atoms with Crippen molar-refractivity contribution in [2.45, 2.75) is 5.12 Å². The van der Waals surface area contributed by atoms with E-state index >= 15 is 0 Å². The minimum Gasteiger partial charge on any atom is -0.716 e. The molecule has 0 spiro atoms. The number of fused-ring (bicyclic) bond motifs is 1. The number of carbonyl (C=O) groups excluding carboxylic acids is 2. The van der Waals surface area contributed by atoms with Crippen molar-refractivity contribution in [2.24, 2.45) is 4.99 Å². The summed E-state index contributed by atoms with van der Waals surface area (Å²) in [5.74, 6) is -0.315. The van der Waals surface area contributed by atoms with E-state index in [1.807, 2.05) is 6.07 Å². The summed E-state index contributed by atoms with van der Waals surface area (Å²) in [5.41, 5.74) is 1.57. The van der Waals surface area contributed by atoms with E-state index in [2.05, 4.69) is 10.3 Å². The fraction of sp³-hybridized carbons (Fsp3) is 0.0667. The molecule has 5 nitrogen and oxygen atoms in total. The van der Waals surface area contributed by atoms with Crippen molar-refractivity contribution < 1.29 is 32.0 Å². The number of nitrogens with one attached hydrogen (secondary N) is 1. The summed E-state index contributed by atoms with van der Waals surface area (Å²) >= 11 is 5.37. The Labute approximate surface area is 148 Å². The Hall–Kier alpha value is -1.82. The summed E-state index contributed by atoms with van der Waals surface area (Å²) in [5, 5.41) is 1.33. The summed E-state index contributed by atoms with van der Waals surface area (Å²) in [7, 11) is 0. The molecule has 0 radical (unpaired) electrons. The predicted molar refractivity (Wildman–Crippen MR) is 81.5 cm³/mol. The van der Waals surface area contributed by atoms with Crippen molar-refractivity contribution in [3.8, 4) is 0 Å². The first-order valence-corrected chi connectivity index (χ1v) is 6.63. The molecule has 22 heavy (non-hydrogen) atoms. The quantitative estimate of drug-likeness (QED) is 0.361. The van der Waals surface area contributed by atoms with Crippen LogP contribution < -0.4 is 10.2 Å². The third-order valence-corrected chi connectivity index (χ3v) is 3.55. The molecule has 0 aliphatic carbocycles. The zero-order chi connectivity index (χ0) is 14.9. The van der Waals surface area contributed by atoms with Gasteiger partial charge in [0.05, 0.1) is 5.56 Å². The van der Waals surface area contributed by atoms with Gasteiger partial charge < -0.3 is 17.9 Å². The Balaban J connectivity index is 0.00000176. The van der Waals surface area contributed by atoms with Crippen LogP contribution in [0, 0.1) is 0 Å². The molecular weight excluding hydrogens is 394 g/mol. The third kappa shape index (κ3) is 2.75. The van der Waals surface area contributed by atoms with Gasteiger partial charge in [-0.25, -0.2) is 4.79 Å². The summed E-state index contributed by atoms with van der Waals surface area (Å²) in [6.07, 6.45) is 1.44. The van der Waals surface area contributed by atoms with Gasteiger partial charge in [0.15, 0.2) is 0 Å². The average Bonchev–Trinajstić information content (AvgIpc) is 2.48. The van der Waals surface area contributed by atoms with Crippen LogP contribution >= 0.6 is 0 Å². The Morgan fingerprint density at radius 2 is 1.73 bits per heavy atom. The van der Waals surface area contributed by atoms with E-state index in [-0.39, 0.29) is 28.3 Å². The zero-order valence-electron chi connectivity index (χ0n) is 11.1. The average molecular weight is 404 g/mol. The van der Waals surface area contributed by atoms with Gasteiger partial charge in [0.2, 0.25) is 6.08 Å². The number of hydrogen-bond donors (Lipinski definition) is 1. The Kier molecular flexibility index (Phi) is 4.91. The Morgan fingerprint density at radius 1 is 1.09 bits per heavy atom. The third-order valence-electron chi connectivity index (χ3n) is 3.17. The molecular formula is C15H10AgN3O2S. The molecule has 1 amide bonds. The van der Waals surface area contributed by atoms with Gasteiger partial charge in [0, 0.05) is 11.4 Å². The molecule has 0 saturated heterocycles. The van der Waals surface area contributed by atoms with Crippen LogP contribution in [0.15, 0.2) is 59.6 Å². The van der Waals surface area contributed by atoms with Crippen molar-refractivity contribution in [3.63, 3.8) is 0 Å². The maximum absolute atomic E-state index is 12.7. The van der Waals surface area contributed by atoms with E-state index in [4.69, 9.17) is 12.6 Å². The van der Waals surface area contributed by atoms with Gasteiger partial charge in [-0.05, 0) is 24.3 Å². The molecule has 7 heteroatoms. The molecule has 1 aliphatic rings. The van der Waals surface area contributed by atoms with E-state index in [1.165, 1.54) is 11.0 Å². The molecule has 3 rings (SSSR count). The van der Waals surface area contributed by atoms with E-state index in [0.717, 1.165) is 0 Å². The van der Waals surface area contributed by atoms with Crippen LogP contribution in [0.25, 0.3) is 0 Å². The van der Waals surface area contributed by atoms with Gasteiger partial charge in [0.25, 0.3) is 5.91 Å². The van der Waals surface area contributed by atoms with Gasteiger partial charge in [0.1, 0.15) is 5.12 Å². The number of benzene rings is 2. The number of rotatable bonds is 2. The predicted octanol–water partition coefficient (Wildman–Crippen LogP) is 2.25. The molecule has 1 N–H and O–H groups in total. The van der Waals surface area contributed by atoms with Crippen LogP contribution in [-0.2, 0) is 39.8 Å². The fourth-order valence-corrected chi connectivity index (χ4v) is 2.61. The first kappa shape index (κ1) is 16.5. The first-order valence-electron chi connectivity index (χ1n) is 6.22. The van der Waals surface area contributed by atoms with Crippen LogP contribution in [0.2, 0.25) is 0 Å². The zero-order valence-corrected chi connectivity index (χ0v) is 13.4. The second-order valence-corrected chi connectivity index (χ2v) is 5.03. The van der Waals surface area contributed by atoms with Crippen molar-refractivity contribution >= 4 is 36.0 Å². The molecule has 0 saturated carbocycles. The smallest absolute Gasteiger partial charge is 0.716 e. The number of amides is 1. The SMILES string of the molecule is O=C=NC1([S-])Nc2ccccc2C(=O)N1c1ccccc1.[Ag+]. The van der Waals surface area contributed by atoms with E-state index in [1.54, 1.807) is 48.5 Å². The second-order valence-electron chi connectivity index (χ2n) is 4.46. The summed E-state index contributed by atoms with van der Waals surface area (Å²) < 4.78 is 0. The molecule has 1 atom stereocenters. The number of isocyanates is 1. The fourth-order valence-electron chi connectivity index (χ4n) is 2.28. The van der Waals surface area contributed by atoms with Crippen LogP contribution in [-0.4, -0.2) is 17.1 Å². The van der Waals surface area contributed by atoms with Gasteiger partial charge in [-0.1, -0.05) is 30.3 Å². The number of aliphatic imine (C=N–C) groups is 1. The normalized spacial score (nSPS) is 19.3. The molecule has 0 fully saturated rings. The van der Waals surface area contributed by atoms with E-state index < -0.39 is 5.12 Å². The molecule has 2 aromatic rings. The molecule has 1 unspecified atom stereocenters. The number of hydrogen-bond acceptors (Lipinski definition) is 5. The summed E-state index contributed by atoms with van der Waals surface area (Å²) in [6, 6.07) is 15.8. The number of anilines is 2. The maximum atomic E-state index is 12.7. The van der Waals surface area contributed by atoms with Crippen LogP contribution in [0.3, 0.4) is 0 Å². The molecule has 0 bridgehead atoms. The van der Waals surface area contributed by atoms with Crippen molar-refractivity contribution in [1.82, 2.24) is 0 Å².